The van der Waals surface area contributed by atoms with Crippen LogP contribution in [0, 0.1) is 11.8 Å². The molecule has 3 N–H and O–H groups in total. The van der Waals surface area contributed by atoms with Gasteiger partial charge in [-0.1, -0.05) is 67.6 Å². The lowest BCUT2D eigenvalue weighted by Crippen LogP contribution is -2.41. The fourth-order valence-electron chi connectivity index (χ4n) is 4.89. The Morgan fingerprint density at radius 1 is 1.06 bits per heavy atom. The molecule has 0 radical (unpaired) electrons. The summed E-state index contributed by atoms with van der Waals surface area (Å²) in [5, 5.41) is 14.7. The number of carbonyl (C=O) groups is 3. The van der Waals surface area contributed by atoms with Crippen LogP contribution in [-0.4, -0.2) is 42.3 Å². The van der Waals surface area contributed by atoms with E-state index in [1.54, 1.807) is 6.92 Å². The second-order valence-corrected chi connectivity index (χ2v) is 9.35. The van der Waals surface area contributed by atoms with Crippen molar-refractivity contribution in [3.05, 3.63) is 71.8 Å². The topological polar surface area (TPSA) is 105 Å². The van der Waals surface area contributed by atoms with Crippen molar-refractivity contribution < 1.29 is 24.2 Å². The van der Waals surface area contributed by atoms with Gasteiger partial charge in [0, 0.05) is 18.4 Å². The summed E-state index contributed by atoms with van der Waals surface area (Å²) in [4.78, 5) is 36.0. The average molecular weight is 477 g/mol. The average Bonchev–Trinajstić information content (AvgIpc) is 3.19. The third-order valence-corrected chi connectivity index (χ3v) is 6.88. The molecule has 3 atom stereocenters. The number of hydrogen-bond donors (Lipinski definition) is 3. The number of carboxylic acids is 1. The van der Waals surface area contributed by atoms with Crippen molar-refractivity contribution in [1.82, 2.24) is 10.6 Å². The summed E-state index contributed by atoms with van der Waals surface area (Å²) >= 11 is 0. The minimum absolute atomic E-state index is 0.00239. The fourth-order valence-corrected chi connectivity index (χ4v) is 4.89. The maximum Gasteiger partial charge on any atom is 0.407 e. The largest absolute Gasteiger partial charge is 0.481 e. The third kappa shape index (κ3) is 5.91. The minimum atomic E-state index is -0.823. The predicted molar refractivity (Wildman–Crippen MR) is 133 cm³/mol. The Balaban J connectivity index is 1.25. The van der Waals surface area contributed by atoms with Crippen LogP contribution >= 0.6 is 0 Å². The Hall–Kier alpha value is -3.61. The van der Waals surface area contributed by atoms with E-state index in [9.17, 15) is 14.4 Å². The Kier molecular flexibility index (Phi) is 7.85. The first-order chi connectivity index (χ1) is 16.9. The van der Waals surface area contributed by atoms with E-state index in [0.717, 1.165) is 11.1 Å². The van der Waals surface area contributed by atoms with Gasteiger partial charge in [0.05, 0.1) is 12.0 Å². The molecule has 0 heterocycles. The van der Waals surface area contributed by atoms with Crippen molar-refractivity contribution in [3.63, 3.8) is 0 Å². The van der Waals surface area contributed by atoms with E-state index in [1.165, 1.54) is 11.1 Å². The molecule has 1 unspecified atom stereocenters. The van der Waals surface area contributed by atoms with Crippen LogP contribution in [0.1, 0.15) is 49.7 Å². The number of carbonyl (C=O) groups excluding carboxylic acids is 2. The molecule has 2 aromatic rings. The van der Waals surface area contributed by atoms with Crippen LogP contribution < -0.4 is 10.6 Å². The molecule has 4 rings (SSSR count). The molecule has 0 fully saturated rings. The van der Waals surface area contributed by atoms with Gasteiger partial charge in [0.1, 0.15) is 6.61 Å². The minimum Gasteiger partial charge on any atom is -0.481 e. The first-order valence-electron chi connectivity index (χ1n) is 12.2. The number of allylic oxidation sites excluding steroid dienone is 1. The van der Waals surface area contributed by atoms with Gasteiger partial charge in [0.2, 0.25) is 5.91 Å². The zero-order valence-corrected chi connectivity index (χ0v) is 19.9. The molecule has 2 aliphatic carbocycles. The van der Waals surface area contributed by atoms with Crippen LogP contribution in [0.15, 0.2) is 60.7 Å². The van der Waals surface area contributed by atoms with Gasteiger partial charge in [-0.25, -0.2) is 4.79 Å². The number of hydrogen-bond acceptors (Lipinski definition) is 4. The normalized spacial score (nSPS) is 19.3. The lowest BCUT2D eigenvalue weighted by atomic mass is 9.90. The highest BCUT2D eigenvalue weighted by atomic mass is 16.5. The van der Waals surface area contributed by atoms with Crippen molar-refractivity contribution in [2.45, 2.75) is 44.6 Å². The van der Waals surface area contributed by atoms with Crippen LogP contribution in [-0.2, 0) is 14.3 Å². The Bertz CT molecular complexity index is 1070. The maximum absolute atomic E-state index is 12.6. The number of fused-ring (bicyclic) bond motifs is 3. The smallest absolute Gasteiger partial charge is 0.407 e. The summed E-state index contributed by atoms with van der Waals surface area (Å²) in [6, 6.07) is 16.1. The van der Waals surface area contributed by atoms with E-state index < -0.39 is 18.0 Å². The SMILES string of the molecule is CC(CCCNC(=O)[C@@H]1CC=C[C@@H](NC(=O)OCC2c3ccccc3-c3ccccc32)C1)C(=O)O. The molecular formula is C28H32N2O5. The van der Waals surface area contributed by atoms with Gasteiger partial charge in [-0.05, 0) is 47.9 Å². The molecule has 0 bridgehead atoms. The van der Waals surface area contributed by atoms with E-state index in [4.69, 9.17) is 9.84 Å². The highest BCUT2D eigenvalue weighted by Gasteiger charge is 2.30. The van der Waals surface area contributed by atoms with E-state index in [2.05, 4.69) is 34.9 Å². The van der Waals surface area contributed by atoms with Crippen molar-refractivity contribution in [1.29, 1.82) is 0 Å². The molecule has 0 aliphatic heterocycles. The number of benzene rings is 2. The summed E-state index contributed by atoms with van der Waals surface area (Å²) in [5.41, 5.74) is 4.68. The Labute approximate surface area is 205 Å². The van der Waals surface area contributed by atoms with E-state index in [0.29, 0.717) is 32.2 Å². The molecule has 2 aromatic carbocycles. The monoisotopic (exact) mass is 476 g/mol. The number of alkyl carbamates (subject to hydrolysis) is 1. The van der Waals surface area contributed by atoms with Gasteiger partial charge in [-0.3, -0.25) is 9.59 Å². The molecule has 0 aromatic heterocycles. The molecule has 2 aliphatic rings. The van der Waals surface area contributed by atoms with Gasteiger partial charge < -0.3 is 20.5 Å². The summed E-state index contributed by atoms with van der Waals surface area (Å²) in [6.07, 6.45) is 5.56. The van der Waals surface area contributed by atoms with Crippen LogP contribution in [0.4, 0.5) is 4.79 Å². The quantitative estimate of drug-likeness (QED) is 0.366. The van der Waals surface area contributed by atoms with Gasteiger partial charge in [-0.15, -0.1) is 0 Å². The molecule has 184 valence electrons. The third-order valence-electron chi connectivity index (χ3n) is 6.88. The Morgan fingerprint density at radius 3 is 2.37 bits per heavy atom. The van der Waals surface area contributed by atoms with Crippen molar-refractivity contribution in [2.75, 3.05) is 13.2 Å². The summed E-state index contributed by atoms with van der Waals surface area (Å²) in [6.45, 7) is 2.35. The van der Waals surface area contributed by atoms with Crippen molar-refractivity contribution in [2.24, 2.45) is 11.8 Å². The van der Waals surface area contributed by atoms with Gasteiger partial charge in [-0.2, -0.15) is 0 Å². The van der Waals surface area contributed by atoms with Gasteiger partial charge in [0.15, 0.2) is 0 Å². The van der Waals surface area contributed by atoms with Crippen LogP contribution in [0.3, 0.4) is 0 Å². The standard InChI is InChI=1S/C28H32N2O5/c1-18(27(32)33)8-7-15-29-26(31)19-9-6-10-20(16-19)30-28(34)35-17-25-23-13-4-2-11-21(23)22-12-3-5-14-24(22)25/h2-6,10-14,18-20,25H,7-9,15-17H2,1H3,(H,29,31)(H,30,34)(H,32,33)/t18?,19-,20-/m1/s1. The van der Waals surface area contributed by atoms with Gasteiger partial charge >= 0.3 is 12.1 Å². The number of amides is 2. The molecule has 35 heavy (non-hydrogen) atoms. The fraction of sp³-hybridized carbons (Fsp3) is 0.393. The predicted octanol–water partition coefficient (Wildman–Crippen LogP) is 4.48. The van der Waals surface area contributed by atoms with Crippen LogP contribution in [0.5, 0.6) is 0 Å². The zero-order valence-electron chi connectivity index (χ0n) is 19.9. The summed E-state index contributed by atoms with van der Waals surface area (Å²) < 4.78 is 5.63. The number of ether oxygens (including phenoxy) is 1. The van der Waals surface area contributed by atoms with Gasteiger partial charge in [0.25, 0.3) is 0 Å². The number of nitrogens with one attached hydrogen (secondary N) is 2. The van der Waals surface area contributed by atoms with Crippen LogP contribution in [0.2, 0.25) is 0 Å². The number of aliphatic carboxylic acids is 1. The van der Waals surface area contributed by atoms with Crippen molar-refractivity contribution in [3.8, 4) is 11.1 Å². The second kappa shape index (κ2) is 11.2. The molecular weight excluding hydrogens is 444 g/mol. The molecule has 0 saturated carbocycles. The van der Waals surface area contributed by atoms with Crippen LogP contribution in [0.25, 0.3) is 11.1 Å². The molecule has 7 nitrogen and oxygen atoms in total. The van der Waals surface area contributed by atoms with E-state index >= 15 is 0 Å². The Morgan fingerprint density at radius 2 is 1.71 bits per heavy atom. The van der Waals surface area contributed by atoms with Crippen molar-refractivity contribution >= 4 is 18.0 Å². The highest BCUT2D eigenvalue weighted by Crippen LogP contribution is 2.44. The first kappa shape index (κ1) is 24.5. The number of rotatable bonds is 9. The molecule has 7 heteroatoms. The van der Waals surface area contributed by atoms with E-state index in [-0.39, 0.29) is 30.4 Å². The molecule has 0 spiro atoms. The highest BCUT2D eigenvalue weighted by molar-refractivity contribution is 5.80. The lowest BCUT2D eigenvalue weighted by Gasteiger charge is -2.25. The van der Waals surface area contributed by atoms with E-state index in [1.807, 2.05) is 36.4 Å². The summed E-state index contributed by atoms with van der Waals surface area (Å²) in [5.74, 6) is -1.56. The number of carboxylic acid groups (broad SMARTS) is 1. The maximum atomic E-state index is 12.6. The lowest BCUT2D eigenvalue weighted by molar-refractivity contribution is -0.141. The first-order valence-corrected chi connectivity index (χ1v) is 12.2. The second-order valence-electron chi connectivity index (χ2n) is 9.35. The summed E-state index contributed by atoms with van der Waals surface area (Å²) in [7, 11) is 0. The molecule has 0 saturated heterocycles. The zero-order chi connectivity index (χ0) is 24.8. The molecule has 2 amide bonds.